The number of amides is 2. The fourth-order valence-corrected chi connectivity index (χ4v) is 4.75. The summed E-state index contributed by atoms with van der Waals surface area (Å²) in [6, 6.07) is 13.2. The van der Waals surface area contributed by atoms with Crippen LogP contribution in [0.5, 0.6) is 5.88 Å². The van der Waals surface area contributed by atoms with Crippen molar-refractivity contribution in [3.05, 3.63) is 47.5 Å². The standard InChI is InChI=1S/C25H29N5O3/c1-15-24(29-22-5-4-6-23(28-22)33-12-11-27-16(2)31)20-13-18(14-26)7-10-21(20)30(17(3)32)25(15)19-8-9-19/h4-7,10,13,15,19,24-25H,8-9,11-12H2,1-3H3,(H,27,31)(H,28,29)/t15-,24-,25+/m1/s1. The van der Waals surface area contributed by atoms with Gasteiger partial charge in [0.1, 0.15) is 12.4 Å². The molecule has 0 saturated heterocycles. The van der Waals surface area contributed by atoms with Gasteiger partial charge in [-0.2, -0.15) is 10.2 Å². The van der Waals surface area contributed by atoms with Gasteiger partial charge < -0.3 is 20.3 Å². The van der Waals surface area contributed by atoms with Gasteiger partial charge in [0.15, 0.2) is 0 Å². The number of hydrogen-bond acceptors (Lipinski definition) is 6. The van der Waals surface area contributed by atoms with Crippen molar-refractivity contribution in [1.29, 1.82) is 5.26 Å². The topological polar surface area (TPSA) is 107 Å². The summed E-state index contributed by atoms with van der Waals surface area (Å²) in [6.07, 6.45) is 2.24. The first-order valence-electron chi connectivity index (χ1n) is 11.3. The van der Waals surface area contributed by atoms with Gasteiger partial charge in [0.05, 0.1) is 24.2 Å². The fraction of sp³-hybridized carbons (Fsp3) is 0.440. The molecule has 1 fully saturated rings. The maximum Gasteiger partial charge on any atom is 0.224 e. The zero-order valence-corrected chi connectivity index (χ0v) is 19.2. The lowest BCUT2D eigenvalue weighted by Gasteiger charge is -2.45. The maximum absolute atomic E-state index is 12.7. The highest BCUT2D eigenvalue weighted by atomic mass is 16.5. The molecule has 2 aliphatic rings. The smallest absolute Gasteiger partial charge is 0.224 e. The summed E-state index contributed by atoms with van der Waals surface area (Å²) in [6.45, 7) is 5.96. The minimum Gasteiger partial charge on any atom is -0.476 e. The number of aromatic nitrogens is 1. The Morgan fingerprint density at radius 1 is 1.24 bits per heavy atom. The second-order valence-electron chi connectivity index (χ2n) is 8.78. The minimum atomic E-state index is -0.114. The first-order valence-corrected chi connectivity index (χ1v) is 11.3. The van der Waals surface area contributed by atoms with E-state index in [0.717, 1.165) is 24.1 Å². The van der Waals surface area contributed by atoms with E-state index in [2.05, 4.69) is 28.6 Å². The first kappa shape index (κ1) is 22.6. The number of nitriles is 1. The molecule has 2 N–H and O–H groups in total. The third kappa shape index (κ3) is 4.92. The van der Waals surface area contributed by atoms with Crippen LogP contribution in [0.15, 0.2) is 36.4 Å². The molecule has 1 aromatic heterocycles. The Kier molecular flexibility index (Phi) is 6.50. The van der Waals surface area contributed by atoms with E-state index >= 15 is 0 Å². The van der Waals surface area contributed by atoms with Crippen molar-refractivity contribution in [3.8, 4) is 11.9 Å². The van der Waals surface area contributed by atoms with Gasteiger partial charge in [-0.15, -0.1) is 0 Å². The Morgan fingerprint density at radius 2 is 2.03 bits per heavy atom. The molecule has 8 nitrogen and oxygen atoms in total. The number of nitrogens with one attached hydrogen (secondary N) is 2. The summed E-state index contributed by atoms with van der Waals surface area (Å²) in [4.78, 5) is 30.2. The average Bonchev–Trinajstić information content (AvgIpc) is 3.63. The summed E-state index contributed by atoms with van der Waals surface area (Å²) < 4.78 is 5.68. The van der Waals surface area contributed by atoms with Gasteiger partial charge in [-0.1, -0.05) is 13.0 Å². The van der Waals surface area contributed by atoms with E-state index in [0.29, 0.717) is 36.3 Å². The second kappa shape index (κ2) is 9.49. The molecule has 1 aliphatic heterocycles. The zero-order chi connectivity index (χ0) is 23.5. The molecule has 8 heteroatoms. The summed E-state index contributed by atoms with van der Waals surface area (Å²) in [5.41, 5.74) is 2.34. The largest absolute Gasteiger partial charge is 0.476 e. The van der Waals surface area contributed by atoms with Gasteiger partial charge in [-0.05, 0) is 48.6 Å². The fourth-order valence-electron chi connectivity index (χ4n) is 4.75. The summed E-state index contributed by atoms with van der Waals surface area (Å²) >= 11 is 0. The normalized spacial score (nSPS) is 21.5. The van der Waals surface area contributed by atoms with Crippen LogP contribution < -0.4 is 20.3 Å². The van der Waals surface area contributed by atoms with Crippen molar-refractivity contribution in [1.82, 2.24) is 10.3 Å². The molecule has 0 bridgehead atoms. The summed E-state index contributed by atoms with van der Waals surface area (Å²) in [5, 5.41) is 15.7. The lowest BCUT2D eigenvalue weighted by atomic mass is 9.79. The predicted molar refractivity (Wildman–Crippen MR) is 125 cm³/mol. The van der Waals surface area contributed by atoms with Crippen molar-refractivity contribution in [2.75, 3.05) is 23.4 Å². The maximum atomic E-state index is 12.7. The van der Waals surface area contributed by atoms with Gasteiger partial charge in [-0.3, -0.25) is 9.59 Å². The van der Waals surface area contributed by atoms with Gasteiger partial charge >= 0.3 is 0 Å². The van der Waals surface area contributed by atoms with Crippen LogP contribution in [-0.4, -0.2) is 36.0 Å². The molecule has 1 aromatic carbocycles. The molecular weight excluding hydrogens is 418 g/mol. The molecule has 0 radical (unpaired) electrons. The molecule has 3 atom stereocenters. The highest BCUT2D eigenvalue weighted by Crippen LogP contribution is 2.50. The number of hydrogen-bond donors (Lipinski definition) is 2. The molecule has 0 spiro atoms. The lowest BCUT2D eigenvalue weighted by molar-refractivity contribution is -0.119. The van der Waals surface area contributed by atoms with E-state index in [-0.39, 0.29) is 29.8 Å². The highest BCUT2D eigenvalue weighted by Gasteiger charge is 2.47. The minimum absolute atomic E-state index is 0.0239. The lowest BCUT2D eigenvalue weighted by Crippen LogP contribution is -2.51. The molecule has 172 valence electrons. The number of anilines is 2. The number of carbonyl (C=O) groups is 2. The van der Waals surface area contributed by atoms with E-state index in [1.54, 1.807) is 19.1 Å². The molecule has 2 heterocycles. The molecule has 33 heavy (non-hydrogen) atoms. The Morgan fingerprint density at radius 3 is 2.70 bits per heavy atom. The number of carbonyl (C=O) groups excluding carboxylic acids is 2. The van der Waals surface area contributed by atoms with Crippen LogP contribution in [0.3, 0.4) is 0 Å². The first-order chi connectivity index (χ1) is 15.9. The monoisotopic (exact) mass is 447 g/mol. The number of ether oxygens (including phenoxy) is 1. The van der Waals surface area contributed by atoms with Crippen molar-refractivity contribution in [3.63, 3.8) is 0 Å². The summed E-state index contributed by atoms with van der Waals surface area (Å²) in [7, 11) is 0. The van der Waals surface area contributed by atoms with Crippen molar-refractivity contribution in [2.24, 2.45) is 11.8 Å². The molecular formula is C25H29N5O3. The van der Waals surface area contributed by atoms with E-state index in [1.165, 1.54) is 6.92 Å². The van der Waals surface area contributed by atoms with Crippen LogP contribution in [0.1, 0.15) is 50.8 Å². The number of rotatable bonds is 7. The molecule has 2 amide bonds. The van der Waals surface area contributed by atoms with Gasteiger partial charge in [-0.25, -0.2) is 0 Å². The van der Waals surface area contributed by atoms with E-state index in [4.69, 9.17) is 4.74 Å². The molecule has 2 aromatic rings. The van der Waals surface area contributed by atoms with E-state index in [1.807, 2.05) is 29.2 Å². The van der Waals surface area contributed by atoms with Crippen LogP contribution in [0, 0.1) is 23.2 Å². The SMILES string of the molecule is CC(=O)NCCOc1cccc(N[C@H]2c3cc(C#N)ccc3N(C(C)=O)[C@H](C3CC3)[C@@H]2C)n1. The van der Waals surface area contributed by atoms with Crippen LogP contribution in [0.4, 0.5) is 11.5 Å². The van der Waals surface area contributed by atoms with Crippen LogP contribution >= 0.6 is 0 Å². The summed E-state index contributed by atoms with van der Waals surface area (Å²) in [5.74, 6) is 1.64. The Labute approximate surface area is 193 Å². The number of nitrogens with zero attached hydrogens (tertiary/aromatic N) is 3. The highest BCUT2D eigenvalue weighted by molar-refractivity contribution is 5.94. The second-order valence-corrected chi connectivity index (χ2v) is 8.78. The van der Waals surface area contributed by atoms with E-state index < -0.39 is 0 Å². The molecule has 0 unspecified atom stereocenters. The van der Waals surface area contributed by atoms with Gasteiger partial charge in [0, 0.05) is 37.6 Å². The van der Waals surface area contributed by atoms with Crippen molar-refractivity contribution in [2.45, 2.75) is 45.7 Å². The van der Waals surface area contributed by atoms with Crippen molar-refractivity contribution < 1.29 is 14.3 Å². The number of fused-ring (bicyclic) bond motifs is 1. The van der Waals surface area contributed by atoms with Gasteiger partial charge in [0.25, 0.3) is 0 Å². The van der Waals surface area contributed by atoms with Crippen LogP contribution in [0.2, 0.25) is 0 Å². The molecule has 1 aliphatic carbocycles. The third-order valence-electron chi connectivity index (χ3n) is 6.31. The zero-order valence-electron chi connectivity index (χ0n) is 19.2. The Bertz CT molecular complexity index is 1090. The predicted octanol–water partition coefficient (Wildman–Crippen LogP) is 3.40. The molecule has 1 saturated carbocycles. The number of benzene rings is 1. The van der Waals surface area contributed by atoms with Crippen LogP contribution in [0.25, 0.3) is 0 Å². The Balaban J connectivity index is 1.62. The average molecular weight is 448 g/mol. The number of pyridine rings is 1. The Hall–Kier alpha value is -3.60. The third-order valence-corrected chi connectivity index (χ3v) is 6.31. The quantitative estimate of drug-likeness (QED) is 0.630. The van der Waals surface area contributed by atoms with E-state index in [9.17, 15) is 14.9 Å². The van der Waals surface area contributed by atoms with Crippen molar-refractivity contribution >= 4 is 23.3 Å². The van der Waals surface area contributed by atoms with Crippen LogP contribution in [-0.2, 0) is 9.59 Å². The molecule has 4 rings (SSSR count). The van der Waals surface area contributed by atoms with Gasteiger partial charge in [0.2, 0.25) is 17.7 Å².